The van der Waals surface area contributed by atoms with Crippen molar-refractivity contribution in [2.75, 3.05) is 13.1 Å². The van der Waals surface area contributed by atoms with Gasteiger partial charge in [0.15, 0.2) is 12.2 Å². The van der Waals surface area contributed by atoms with E-state index in [1.807, 2.05) is 13.8 Å². The Bertz CT molecular complexity index is 527. The quantitative estimate of drug-likeness (QED) is 0.328. The first-order chi connectivity index (χ1) is 12.7. The highest BCUT2D eigenvalue weighted by Crippen LogP contribution is 2.12. The Hall–Kier alpha value is -1.88. The van der Waals surface area contributed by atoms with Crippen molar-refractivity contribution in [1.82, 2.24) is 16.0 Å². The Balaban J connectivity index is 4.85. The molecule has 164 valence electrons. The molecule has 11 heteroatoms. The molecule has 0 aromatic rings. The Morgan fingerprint density at radius 3 is 1.86 bits per heavy atom. The molecular formula is C17H30F3N3O5. The van der Waals surface area contributed by atoms with Crippen LogP contribution in [-0.2, 0) is 14.4 Å². The highest BCUT2D eigenvalue weighted by atomic mass is 19.4. The zero-order valence-electron chi connectivity index (χ0n) is 16.5. The maximum Gasteiger partial charge on any atom is 0.405 e. The summed E-state index contributed by atoms with van der Waals surface area (Å²) in [6, 6.07) is -1.03. The van der Waals surface area contributed by atoms with Crippen molar-refractivity contribution in [3.05, 3.63) is 0 Å². The summed E-state index contributed by atoms with van der Waals surface area (Å²) in [5, 5.41) is 25.6. The zero-order chi connectivity index (χ0) is 22.1. The summed E-state index contributed by atoms with van der Waals surface area (Å²) in [6.07, 6.45) is -8.51. The highest BCUT2D eigenvalue weighted by molar-refractivity contribution is 5.93. The molecule has 0 saturated heterocycles. The molecule has 0 aromatic carbocycles. The lowest BCUT2D eigenvalue weighted by atomic mass is 10.0. The van der Waals surface area contributed by atoms with Gasteiger partial charge in [0.25, 0.3) is 11.8 Å². The van der Waals surface area contributed by atoms with Crippen molar-refractivity contribution in [3.8, 4) is 0 Å². The number of halogens is 3. The van der Waals surface area contributed by atoms with Crippen LogP contribution in [0, 0.1) is 11.8 Å². The fourth-order valence-electron chi connectivity index (χ4n) is 2.15. The van der Waals surface area contributed by atoms with Crippen LogP contribution in [0.3, 0.4) is 0 Å². The van der Waals surface area contributed by atoms with Gasteiger partial charge in [-0.05, 0) is 24.7 Å². The lowest BCUT2D eigenvalue weighted by Crippen LogP contribution is -2.55. The monoisotopic (exact) mass is 413 g/mol. The number of alkyl halides is 3. The van der Waals surface area contributed by atoms with Gasteiger partial charge < -0.3 is 26.2 Å². The van der Waals surface area contributed by atoms with Gasteiger partial charge in [-0.1, -0.05) is 27.7 Å². The van der Waals surface area contributed by atoms with E-state index in [0.29, 0.717) is 12.5 Å². The summed E-state index contributed by atoms with van der Waals surface area (Å²) >= 11 is 0. The molecule has 0 unspecified atom stereocenters. The van der Waals surface area contributed by atoms with Gasteiger partial charge in [0.2, 0.25) is 5.91 Å². The number of aliphatic hydroxyl groups excluding tert-OH is 2. The fourth-order valence-corrected chi connectivity index (χ4v) is 2.15. The predicted octanol–water partition coefficient (Wildman–Crippen LogP) is 0.0799. The van der Waals surface area contributed by atoms with E-state index in [1.165, 1.54) is 5.32 Å². The third kappa shape index (κ3) is 11.1. The first-order valence-corrected chi connectivity index (χ1v) is 9.03. The number of amides is 3. The fraction of sp³-hybridized carbons (Fsp3) is 0.824. The Kier molecular flexibility index (Phi) is 11.1. The van der Waals surface area contributed by atoms with Gasteiger partial charge in [-0.15, -0.1) is 0 Å². The van der Waals surface area contributed by atoms with E-state index >= 15 is 0 Å². The van der Waals surface area contributed by atoms with E-state index in [1.54, 1.807) is 13.8 Å². The van der Waals surface area contributed by atoms with E-state index in [2.05, 4.69) is 10.6 Å². The van der Waals surface area contributed by atoms with Crippen LogP contribution in [0.5, 0.6) is 0 Å². The number of carbonyl (C=O) groups excluding carboxylic acids is 3. The van der Waals surface area contributed by atoms with Crippen molar-refractivity contribution in [2.24, 2.45) is 11.8 Å². The maximum absolute atomic E-state index is 12.3. The summed E-state index contributed by atoms with van der Waals surface area (Å²) in [6.45, 7) is 6.21. The minimum absolute atomic E-state index is 0.00157. The lowest BCUT2D eigenvalue weighted by Gasteiger charge is -2.23. The molecule has 3 atom stereocenters. The van der Waals surface area contributed by atoms with Crippen LogP contribution < -0.4 is 16.0 Å². The number of hydrogen-bond acceptors (Lipinski definition) is 5. The SMILES string of the molecule is CC(C)CCNC(=O)[C@H](CC(C)C)NC(=O)[C@@H](O)[C@H](O)C(=O)NCC(F)(F)F. The molecule has 0 aliphatic carbocycles. The van der Waals surface area contributed by atoms with Crippen molar-refractivity contribution in [1.29, 1.82) is 0 Å². The molecule has 8 nitrogen and oxygen atoms in total. The Labute approximate surface area is 162 Å². The molecule has 5 N–H and O–H groups in total. The van der Waals surface area contributed by atoms with Gasteiger partial charge in [-0.25, -0.2) is 0 Å². The van der Waals surface area contributed by atoms with E-state index in [-0.39, 0.29) is 12.3 Å². The number of carbonyl (C=O) groups is 3. The third-order valence-electron chi connectivity index (χ3n) is 3.66. The van der Waals surface area contributed by atoms with Crippen LogP contribution in [0.4, 0.5) is 13.2 Å². The third-order valence-corrected chi connectivity index (χ3v) is 3.66. The van der Waals surface area contributed by atoms with Crippen LogP contribution in [0.1, 0.15) is 40.5 Å². The van der Waals surface area contributed by atoms with Gasteiger partial charge in [0.1, 0.15) is 12.6 Å². The van der Waals surface area contributed by atoms with Gasteiger partial charge in [-0.3, -0.25) is 14.4 Å². The normalized spacial score (nSPS) is 15.1. The van der Waals surface area contributed by atoms with E-state index in [4.69, 9.17) is 0 Å². The molecule has 0 aliphatic rings. The van der Waals surface area contributed by atoms with E-state index in [9.17, 15) is 37.8 Å². The highest BCUT2D eigenvalue weighted by Gasteiger charge is 2.35. The second kappa shape index (κ2) is 11.8. The van der Waals surface area contributed by atoms with E-state index in [0.717, 1.165) is 6.42 Å². The summed E-state index contributed by atoms with van der Waals surface area (Å²) in [5.41, 5.74) is 0. The first-order valence-electron chi connectivity index (χ1n) is 9.03. The lowest BCUT2D eigenvalue weighted by molar-refractivity contribution is -0.152. The number of nitrogens with one attached hydrogen (secondary N) is 3. The van der Waals surface area contributed by atoms with Crippen molar-refractivity contribution in [2.45, 2.75) is 65.0 Å². The molecule has 0 aromatic heterocycles. The standard InChI is InChI=1S/C17H30F3N3O5/c1-9(2)5-6-21-14(26)11(7-10(3)4)23-16(28)13(25)12(24)15(27)22-8-17(18,19)20/h9-13,24-25H,5-8H2,1-4H3,(H,21,26)(H,22,27)(H,23,28)/t11-,12-,13-/m0/s1. The summed E-state index contributed by atoms with van der Waals surface area (Å²) in [4.78, 5) is 35.8. The molecule has 0 saturated carbocycles. The largest absolute Gasteiger partial charge is 0.405 e. The molecule has 0 radical (unpaired) electrons. The van der Waals surface area contributed by atoms with Gasteiger partial charge in [-0.2, -0.15) is 13.2 Å². The predicted molar refractivity (Wildman–Crippen MR) is 94.9 cm³/mol. The second-order valence-electron chi connectivity index (χ2n) is 7.39. The molecule has 0 rings (SSSR count). The molecule has 0 aliphatic heterocycles. The number of hydrogen-bond donors (Lipinski definition) is 5. The minimum atomic E-state index is -4.71. The minimum Gasteiger partial charge on any atom is -0.380 e. The van der Waals surface area contributed by atoms with Crippen LogP contribution in [0.25, 0.3) is 0 Å². The average Bonchev–Trinajstić information content (AvgIpc) is 2.56. The number of rotatable bonds is 11. The molecular weight excluding hydrogens is 383 g/mol. The van der Waals surface area contributed by atoms with Crippen LogP contribution >= 0.6 is 0 Å². The van der Waals surface area contributed by atoms with Gasteiger partial charge in [0, 0.05) is 6.54 Å². The molecule has 0 heterocycles. The van der Waals surface area contributed by atoms with Crippen LogP contribution in [0.2, 0.25) is 0 Å². The average molecular weight is 413 g/mol. The van der Waals surface area contributed by atoms with Crippen molar-refractivity contribution < 1.29 is 37.8 Å². The van der Waals surface area contributed by atoms with Crippen molar-refractivity contribution >= 4 is 17.7 Å². The topological polar surface area (TPSA) is 128 Å². The summed E-state index contributed by atoms with van der Waals surface area (Å²) in [5.74, 6) is -2.93. The Morgan fingerprint density at radius 2 is 1.39 bits per heavy atom. The van der Waals surface area contributed by atoms with Gasteiger partial charge in [0.05, 0.1) is 0 Å². The number of aliphatic hydroxyl groups is 2. The maximum atomic E-state index is 12.3. The van der Waals surface area contributed by atoms with Crippen LogP contribution in [0.15, 0.2) is 0 Å². The molecule has 0 spiro atoms. The summed E-state index contributed by atoms with van der Waals surface area (Å²) < 4.78 is 36.3. The molecule has 0 bridgehead atoms. The Morgan fingerprint density at radius 1 is 0.857 bits per heavy atom. The van der Waals surface area contributed by atoms with E-state index < -0.39 is 48.7 Å². The van der Waals surface area contributed by atoms with Crippen molar-refractivity contribution in [3.63, 3.8) is 0 Å². The van der Waals surface area contributed by atoms with Crippen LogP contribution in [-0.4, -0.2) is 65.5 Å². The first kappa shape index (κ1) is 26.1. The zero-order valence-corrected chi connectivity index (χ0v) is 16.5. The smallest absolute Gasteiger partial charge is 0.380 e. The summed E-state index contributed by atoms with van der Waals surface area (Å²) in [7, 11) is 0. The molecule has 3 amide bonds. The molecule has 28 heavy (non-hydrogen) atoms. The second-order valence-corrected chi connectivity index (χ2v) is 7.39. The molecule has 0 fully saturated rings. The van der Waals surface area contributed by atoms with Gasteiger partial charge >= 0.3 is 6.18 Å².